The normalized spacial score (nSPS) is 18.2. The molecule has 3 saturated heterocycles. The van der Waals surface area contributed by atoms with Crippen molar-refractivity contribution in [1.29, 1.82) is 0 Å². The molecule has 1 aromatic heterocycles. The number of carbonyl (C=O) groups is 2. The Kier molecular flexibility index (Phi) is 13.9. The first-order valence-electron chi connectivity index (χ1n) is 21.1. The second kappa shape index (κ2) is 19.3. The number of amides is 2. The van der Waals surface area contributed by atoms with Gasteiger partial charge in [-0.2, -0.15) is 4.98 Å². The fraction of sp³-hybridized carbons (Fsp3) is 0.467. The number of rotatable bonds is 16. The van der Waals surface area contributed by atoms with Crippen molar-refractivity contribution in [2.75, 3.05) is 80.6 Å². The number of carbonyl (C=O) groups excluding carboxylic acids is 2. The average molecular weight is 857 g/mol. The predicted molar refractivity (Wildman–Crippen MR) is 242 cm³/mol. The summed E-state index contributed by atoms with van der Waals surface area (Å²) in [5.74, 6) is 1.83. The molecule has 4 heterocycles. The zero-order valence-corrected chi connectivity index (χ0v) is 36.8. The number of imide groups is 1. The molecular formula is C45H58ClN8O5P. The van der Waals surface area contributed by atoms with Crippen molar-refractivity contribution < 1.29 is 23.6 Å². The van der Waals surface area contributed by atoms with Crippen molar-refractivity contribution in [3.05, 3.63) is 77.4 Å². The largest absolute Gasteiger partial charge is 0.494 e. The van der Waals surface area contributed by atoms with Gasteiger partial charge in [0.25, 0.3) is 0 Å². The highest BCUT2D eigenvalue weighted by Gasteiger charge is 2.38. The molecule has 15 heteroatoms. The quantitative estimate of drug-likeness (QED) is 0.0489. The first-order valence-corrected chi connectivity index (χ1v) is 24.1. The lowest BCUT2D eigenvalue weighted by Gasteiger charge is -2.47. The van der Waals surface area contributed by atoms with Gasteiger partial charge in [0.2, 0.25) is 17.8 Å². The molecule has 3 fully saturated rings. The Morgan fingerprint density at radius 2 is 1.68 bits per heavy atom. The number of anilines is 6. The number of hydrogen-bond donors (Lipinski definition) is 4. The monoisotopic (exact) mass is 856 g/mol. The summed E-state index contributed by atoms with van der Waals surface area (Å²) < 4.78 is 24.9. The number of ether oxygens (including phenoxy) is 2. The summed E-state index contributed by atoms with van der Waals surface area (Å²) in [6.45, 7) is 11.8. The predicted octanol–water partition coefficient (Wildman–Crippen LogP) is 8.19. The minimum Gasteiger partial charge on any atom is -0.494 e. The van der Waals surface area contributed by atoms with E-state index in [1.807, 2.05) is 48.5 Å². The number of methoxy groups -OCH3 is 1. The molecule has 4 N–H and O–H groups in total. The summed E-state index contributed by atoms with van der Waals surface area (Å²) in [5, 5.41) is 13.3. The first-order chi connectivity index (χ1) is 28.9. The highest BCUT2D eigenvalue weighted by atomic mass is 35.5. The molecule has 4 aromatic rings. The maximum Gasteiger partial charge on any atom is 0.249 e. The highest BCUT2D eigenvalue weighted by Crippen LogP contribution is 2.44. The van der Waals surface area contributed by atoms with Gasteiger partial charge in [-0.1, -0.05) is 30.7 Å². The molecule has 60 heavy (non-hydrogen) atoms. The van der Waals surface area contributed by atoms with Crippen molar-refractivity contribution in [1.82, 2.24) is 20.2 Å². The van der Waals surface area contributed by atoms with E-state index in [0.717, 1.165) is 80.2 Å². The van der Waals surface area contributed by atoms with Gasteiger partial charge in [0.1, 0.15) is 29.7 Å². The van der Waals surface area contributed by atoms with E-state index in [1.54, 1.807) is 26.6 Å². The molecule has 3 aliphatic rings. The molecule has 13 nitrogen and oxygen atoms in total. The van der Waals surface area contributed by atoms with Crippen molar-refractivity contribution in [2.45, 2.75) is 70.8 Å². The lowest BCUT2D eigenvalue weighted by atomic mass is 9.71. The van der Waals surface area contributed by atoms with Gasteiger partial charge >= 0.3 is 0 Å². The third-order valence-electron chi connectivity index (χ3n) is 12.2. The summed E-state index contributed by atoms with van der Waals surface area (Å²) in [4.78, 5) is 37.8. The molecule has 0 aliphatic carbocycles. The van der Waals surface area contributed by atoms with Crippen molar-refractivity contribution in [3.63, 3.8) is 0 Å². The molecule has 0 saturated carbocycles. The maximum atomic E-state index is 13.0. The highest BCUT2D eigenvalue weighted by molar-refractivity contribution is 7.70. The number of unbranched alkanes of at least 4 members (excludes halogenated alkanes) is 1. The molecule has 1 atom stereocenters. The van der Waals surface area contributed by atoms with Gasteiger partial charge in [0.05, 0.1) is 31.3 Å². The number of piperidine rings is 3. The van der Waals surface area contributed by atoms with Gasteiger partial charge in [-0.15, -0.1) is 0 Å². The third kappa shape index (κ3) is 10.7. The van der Waals surface area contributed by atoms with Crippen molar-refractivity contribution >= 4 is 70.4 Å². The van der Waals surface area contributed by atoms with Crippen LogP contribution < -0.4 is 40.9 Å². The Morgan fingerprint density at radius 1 is 0.950 bits per heavy atom. The lowest BCUT2D eigenvalue weighted by molar-refractivity contribution is -0.133. The standard InChI is InChI=1S/C45H58ClN8O5P/c1-5-31-28-37(50-44-47-30-34(46)42(52-44)49-35-10-6-7-11-40(35)60(3,4)57)39(58-2)29-38(31)54-25-20-45(21-26-54)18-23-53(24-19-45)22-8-9-27-59-33-14-12-32(13-15-33)48-36-16-17-41(55)51-43(36)56/h6-7,10-15,28-30,36,48H,5,8-9,16-27H2,1-4H3,(H,51,55,56)(H2,47,49,50,52). The van der Waals surface area contributed by atoms with Gasteiger partial charge in [-0.25, -0.2) is 4.98 Å². The summed E-state index contributed by atoms with van der Waals surface area (Å²) in [6, 6.07) is 19.1. The van der Waals surface area contributed by atoms with E-state index in [1.165, 1.54) is 36.9 Å². The number of aromatic nitrogens is 2. The Balaban J connectivity index is 0.867. The molecule has 3 aromatic carbocycles. The van der Waals surface area contributed by atoms with E-state index in [4.69, 9.17) is 26.1 Å². The number of likely N-dealkylation sites (tertiary alicyclic amines) is 1. The maximum absolute atomic E-state index is 13.0. The number of aryl methyl sites for hydroxylation is 1. The molecule has 7 rings (SSSR count). The average Bonchev–Trinajstić information content (AvgIpc) is 3.24. The number of hydrogen-bond acceptors (Lipinski definition) is 12. The van der Waals surface area contributed by atoms with E-state index in [0.29, 0.717) is 47.3 Å². The Bertz CT molecular complexity index is 2180. The Morgan fingerprint density at radius 3 is 2.38 bits per heavy atom. The minimum atomic E-state index is -2.55. The van der Waals surface area contributed by atoms with Crippen LogP contribution in [0.5, 0.6) is 11.5 Å². The molecule has 3 aliphatic heterocycles. The van der Waals surface area contributed by atoms with Crippen LogP contribution in [-0.4, -0.2) is 92.5 Å². The van der Waals surface area contributed by atoms with E-state index >= 15 is 0 Å². The van der Waals surface area contributed by atoms with Crippen LogP contribution >= 0.6 is 18.7 Å². The second-order valence-corrected chi connectivity index (χ2v) is 20.2. The van der Waals surface area contributed by atoms with Crippen LogP contribution in [0.1, 0.15) is 63.9 Å². The zero-order valence-electron chi connectivity index (χ0n) is 35.2. The van der Waals surface area contributed by atoms with Gasteiger partial charge in [-0.05, 0) is 138 Å². The first kappa shape index (κ1) is 43.3. The topological polar surface area (TPSA) is 150 Å². The third-order valence-corrected chi connectivity index (χ3v) is 14.0. The summed E-state index contributed by atoms with van der Waals surface area (Å²) in [7, 11) is -0.858. The second-order valence-electron chi connectivity index (χ2n) is 16.6. The van der Waals surface area contributed by atoms with E-state index in [2.05, 4.69) is 55.1 Å². The molecule has 1 unspecified atom stereocenters. The van der Waals surface area contributed by atoms with E-state index in [9.17, 15) is 14.2 Å². The van der Waals surface area contributed by atoms with Crippen LogP contribution in [-0.2, 0) is 20.6 Å². The molecule has 1 spiro atoms. The van der Waals surface area contributed by atoms with E-state index in [-0.39, 0.29) is 11.8 Å². The smallest absolute Gasteiger partial charge is 0.249 e. The van der Waals surface area contributed by atoms with Gasteiger partial charge in [0.15, 0.2) is 5.82 Å². The van der Waals surface area contributed by atoms with Crippen LogP contribution in [0.3, 0.4) is 0 Å². The fourth-order valence-electron chi connectivity index (χ4n) is 8.55. The van der Waals surface area contributed by atoms with Crippen LogP contribution in [0.15, 0.2) is 66.9 Å². The zero-order chi connectivity index (χ0) is 42.3. The van der Waals surface area contributed by atoms with Crippen LogP contribution in [0, 0.1) is 5.41 Å². The molecular weight excluding hydrogens is 799 g/mol. The fourth-order valence-corrected chi connectivity index (χ4v) is 9.84. The molecule has 2 amide bonds. The van der Waals surface area contributed by atoms with Crippen LogP contribution in [0.4, 0.5) is 34.5 Å². The van der Waals surface area contributed by atoms with Crippen LogP contribution in [0.2, 0.25) is 5.02 Å². The Hall–Kier alpha value is -4.84. The summed E-state index contributed by atoms with van der Waals surface area (Å²) >= 11 is 6.53. The number of halogens is 1. The van der Waals surface area contributed by atoms with E-state index < -0.39 is 13.2 Å². The van der Waals surface area contributed by atoms with Crippen molar-refractivity contribution in [3.8, 4) is 11.5 Å². The van der Waals surface area contributed by atoms with Gasteiger partial charge in [0, 0.05) is 42.3 Å². The number of nitrogens with zero attached hydrogens (tertiary/aromatic N) is 4. The minimum absolute atomic E-state index is 0.214. The molecule has 0 radical (unpaired) electrons. The SMILES string of the molecule is CCc1cc(Nc2ncc(Cl)c(Nc3ccccc3P(C)(C)=O)n2)c(OC)cc1N1CCC2(CCN(CCCCOc3ccc(NC4CCC(=O)NC4=O)cc3)CC2)CC1. The number of para-hydroxylation sites is 1. The number of benzene rings is 3. The Labute approximate surface area is 358 Å². The van der Waals surface area contributed by atoms with Crippen molar-refractivity contribution in [2.24, 2.45) is 5.41 Å². The number of nitrogens with one attached hydrogen (secondary N) is 4. The summed E-state index contributed by atoms with van der Waals surface area (Å²) in [5.41, 5.74) is 5.16. The molecule has 0 bridgehead atoms. The van der Waals surface area contributed by atoms with Crippen LogP contribution in [0.25, 0.3) is 0 Å². The molecule has 320 valence electrons. The van der Waals surface area contributed by atoms with Gasteiger partial charge in [-0.3, -0.25) is 14.9 Å². The summed E-state index contributed by atoms with van der Waals surface area (Å²) in [6.07, 6.45) is 10.2. The van der Waals surface area contributed by atoms with Gasteiger partial charge < -0.3 is 39.8 Å². The lowest BCUT2D eigenvalue weighted by Crippen LogP contribution is -2.47.